The van der Waals surface area contributed by atoms with Gasteiger partial charge in [0.2, 0.25) is 17.6 Å². The molecular weight excluding hydrogens is 338 g/mol. The summed E-state index contributed by atoms with van der Waals surface area (Å²) in [6.45, 7) is 0.917. The Bertz CT molecular complexity index is 595. The fraction of sp³-hybridized carbons (Fsp3) is 0.688. The Morgan fingerprint density at radius 1 is 1.04 bits per heavy atom. The summed E-state index contributed by atoms with van der Waals surface area (Å²) in [7, 11) is 3.18. The molecule has 4 N–H and O–H groups in total. The first-order chi connectivity index (χ1) is 12.5. The average Bonchev–Trinajstić information content (AvgIpc) is 3.13. The van der Waals surface area contributed by atoms with Crippen LogP contribution in [0.25, 0.3) is 0 Å². The maximum Gasteiger partial charge on any atom is 0.292 e. The Hall–Kier alpha value is -2.65. The molecule has 0 bridgehead atoms. The van der Waals surface area contributed by atoms with Gasteiger partial charge in [0.25, 0.3) is 11.8 Å². The van der Waals surface area contributed by atoms with Crippen molar-refractivity contribution in [3.05, 3.63) is 0 Å². The van der Waals surface area contributed by atoms with Crippen molar-refractivity contribution in [2.24, 2.45) is 16.1 Å². The van der Waals surface area contributed by atoms with Crippen LogP contribution in [-0.4, -0.2) is 61.5 Å². The average molecular weight is 365 g/mol. The van der Waals surface area contributed by atoms with Gasteiger partial charge in [-0.3, -0.25) is 25.2 Å². The van der Waals surface area contributed by atoms with Gasteiger partial charge in [0.15, 0.2) is 0 Å². The summed E-state index contributed by atoms with van der Waals surface area (Å²) in [5.41, 5.74) is 4.90. The Kier molecular flexibility index (Phi) is 7.37. The van der Waals surface area contributed by atoms with Crippen molar-refractivity contribution in [1.29, 1.82) is 0 Å². The van der Waals surface area contributed by atoms with Crippen LogP contribution in [-0.2, 0) is 14.4 Å². The standard InChI is InChI=1S/C16H27N7O3/c1-23(2)16(26)14-21-19-13(20-22-14)15(25)18-9-5-8-17-12(24)10-11-6-3-4-7-11/h11H,3-10H2,1-2H3,(H,17,24)(H,18,25)(H,19,20)(H,21,22). The quantitative estimate of drug-likeness (QED) is 0.415. The SMILES string of the molecule is CN(C)C(=O)C1=NNC(C(=O)NCCCNC(=O)CC2CCCC2)=NN1. The molecule has 0 radical (unpaired) electrons. The van der Waals surface area contributed by atoms with Gasteiger partial charge in [-0.2, -0.15) is 0 Å². The second-order valence-electron chi connectivity index (χ2n) is 6.66. The topological polar surface area (TPSA) is 127 Å². The molecule has 3 amide bonds. The second kappa shape index (κ2) is 9.73. The minimum atomic E-state index is -0.435. The first kappa shape index (κ1) is 19.7. The lowest BCUT2D eigenvalue weighted by Crippen LogP contribution is -2.47. The zero-order valence-electron chi connectivity index (χ0n) is 15.3. The number of hydrogen-bond acceptors (Lipinski definition) is 7. The van der Waals surface area contributed by atoms with E-state index < -0.39 is 5.91 Å². The van der Waals surface area contributed by atoms with Crippen LogP contribution in [0, 0.1) is 5.92 Å². The zero-order valence-corrected chi connectivity index (χ0v) is 15.3. The third-order valence-electron chi connectivity index (χ3n) is 4.28. The number of amides is 3. The molecule has 10 nitrogen and oxygen atoms in total. The minimum absolute atomic E-state index is 0.0107. The molecule has 0 atom stereocenters. The van der Waals surface area contributed by atoms with E-state index in [4.69, 9.17) is 0 Å². The summed E-state index contributed by atoms with van der Waals surface area (Å²) in [5, 5.41) is 13.1. The van der Waals surface area contributed by atoms with E-state index in [-0.39, 0.29) is 23.5 Å². The fourth-order valence-electron chi connectivity index (χ4n) is 2.83. The first-order valence-corrected chi connectivity index (χ1v) is 8.91. The predicted molar refractivity (Wildman–Crippen MR) is 97.0 cm³/mol. The van der Waals surface area contributed by atoms with Gasteiger partial charge in [0, 0.05) is 33.6 Å². The van der Waals surface area contributed by atoms with E-state index in [0.717, 1.165) is 12.8 Å². The number of hydrogen-bond donors (Lipinski definition) is 4. The highest BCUT2D eigenvalue weighted by molar-refractivity contribution is 6.42. The van der Waals surface area contributed by atoms with Gasteiger partial charge in [-0.15, -0.1) is 10.2 Å². The summed E-state index contributed by atoms with van der Waals surface area (Å²) >= 11 is 0. The van der Waals surface area contributed by atoms with Crippen molar-refractivity contribution in [2.45, 2.75) is 38.5 Å². The molecule has 0 aromatic rings. The smallest absolute Gasteiger partial charge is 0.292 e. The molecule has 10 heteroatoms. The molecule has 0 aromatic heterocycles. The molecule has 26 heavy (non-hydrogen) atoms. The van der Waals surface area contributed by atoms with E-state index >= 15 is 0 Å². The third-order valence-corrected chi connectivity index (χ3v) is 4.28. The van der Waals surface area contributed by atoms with Crippen molar-refractivity contribution in [1.82, 2.24) is 26.4 Å². The van der Waals surface area contributed by atoms with Crippen LogP contribution in [0.4, 0.5) is 0 Å². The molecule has 0 unspecified atom stereocenters. The highest BCUT2D eigenvalue weighted by Gasteiger charge is 2.20. The van der Waals surface area contributed by atoms with Crippen molar-refractivity contribution < 1.29 is 14.4 Å². The van der Waals surface area contributed by atoms with Crippen LogP contribution in [0.5, 0.6) is 0 Å². The van der Waals surface area contributed by atoms with Gasteiger partial charge in [-0.1, -0.05) is 12.8 Å². The van der Waals surface area contributed by atoms with Crippen molar-refractivity contribution >= 4 is 29.4 Å². The van der Waals surface area contributed by atoms with Gasteiger partial charge in [0.1, 0.15) is 0 Å². The summed E-state index contributed by atoms with van der Waals surface area (Å²) < 4.78 is 0. The van der Waals surface area contributed by atoms with Crippen LogP contribution in [0.3, 0.4) is 0 Å². The fourth-order valence-corrected chi connectivity index (χ4v) is 2.83. The number of amidine groups is 2. The van der Waals surface area contributed by atoms with Crippen LogP contribution in [0.1, 0.15) is 38.5 Å². The van der Waals surface area contributed by atoms with Gasteiger partial charge in [-0.25, -0.2) is 0 Å². The number of nitrogens with one attached hydrogen (secondary N) is 4. The Labute approximate surface area is 152 Å². The summed E-state index contributed by atoms with van der Waals surface area (Å²) in [6.07, 6.45) is 5.98. The molecule has 144 valence electrons. The van der Waals surface area contributed by atoms with E-state index in [1.54, 1.807) is 14.1 Å². The summed E-state index contributed by atoms with van der Waals surface area (Å²) in [5.74, 6) is -0.188. The van der Waals surface area contributed by atoms with Crippen molar-refractivity contribution in [2.75, 3.05) is 27.2 Å². The van der Waals surface area contributed by atoms with Gasteiger partial charge in [-0.05, 0) is 25.2 Å². The van der Waals surface area contributed by atoms with Crippen LogP contribution < -0.4 is 21.5 Å². The third kappa shape index (κ3) is 6.01. The largest absolute Gasteiger partial charge is 0.356 e. The van der Waals surface area contributed by atoms with Crippen LogP contribution in [0.2, 0.25) is 0 Å². The molecule has 2 rings (SSSR count). The van der Waals surface area contributed by atoms with E-state index in [1.807, 2.05) is 0 Å². The number of hydrazone groups is 2. The maximum absolute atomic E-state index is 11.9. The lowest BCUT2D eigenvalue weighted by Gasteiger charge is -2.16. The normalized spacial score (nSPS) is 16.7. The van der Waals surface area contributed by atoms with E-state index in [9.17, 15) is 14.4 Å². The molecule has 0 aromatic carbocycles. The second-order valence-corrected chi connectivity index (χ2v) is 6.66. The highest BCUT2D eigenvalue weighted by atomic mass is 16.2. The lowest BCUT2D eigenvalue weighted by atomic mass is 10.0. The Morgan fingerprint density at radius 2 is 1.65 bits per heavy atom. The summed E-state index contributed by atoms with van der Waals surface area (Å²) in [6, 6.07) is 0. The molecule has 1 saturated carbocycles. The van der Waals surface area contributed by atoms with Crippen LogP contribution >= 0.6 is 0 Å². The van der Waals surface area contributed by atoms with E-state index in [1.165, 1.54) is 17.7 Å². The van der Waals surface area contributed by atoms with Crippen molar-refractivity contribution in [3.63, 3.8) is 0 Å². The molecule has 1 heterocycles. The predicted octanol–water partition coefficient (Wildman–Crippen LogP) is -0.903. The molecule has 2 aliphatic rings. The number of carbonyl (C=O) groups is 3. The van der Waals surface area contributed by atoms with Gasteiger partial charge >= 0.3 is 0 Å². The highest BCUT2D eigenvalue weighted by Crippen LogP contribution is 2.27. The first-order valence-electron chi connectivity index (χ1n) is 8.91. The summed E-state index contributed by atoms with van der Waals surface area (Å²) in [4.78, 5) is 36.7. The molecule has 0 saturated heterocycles. The molecule has 1 aliphatic carbocycles. The lowest BCUT2D eigenvalue weighted by molar-refractivity contribution is -0.122. The van der Waals surface area contributed by atoms with Gasteiger partial charge in [0.05, 0.1) is 0 Å². The molecular formula is C16H27N7O3. The zero-order chi connectivity index (χ0) is 18.9. The molecule has 0 spiro atoms. The Balaban J connectivity index is 1.58. The number of rotatable bonds is 8. The van der Waals surface area contributed by atoms with E-state index in [2.05, 4.69) is 31.7 Å². The molecule has 1 fully saturated rings. The minimum Gasteiger partial charge on any atom is -0.356 e. The number of carbonyl (C=O) groups excluding carboxylic acids is 3. The number of likely N-dealkylation sites (N-methyl/N-ethyl adjacent to an activating group) is 1. The van der Waals surface area contributed by atoms with Crippen molar-refractivity contribution in [3.8, 4) is 0 Å². The monoisotopic (exact) mass is 365 g/mol. The Morgan fingerprint density at radius 3 is 2.27 bits per heavy atom. The maximum atomic E-state index is 11.9. The van der Waals surface area contributed by atoms with E-state index in [0.29, 0.717) is 31.8 Å². The van der Waals surface area contributed by atoms with Gasteiger partial charge < -0.3 is 15.5 Å². The number of nitrogens with zero attached hydrogens (tertiary/aromatic N) is 3. The molecule has 1 aliphatic heterocycles. The van der Waals surface area contributed by atoms with Crippen LogP contribution in [0.15, 0.2) is 10.2 Å².